The van der Waals surface area contributed by atoms with Crippen molar-refractivity contribution in [3.05, 3.63) is 35.1 Å². The van der Waals surface area contributed by atoms with E-state index in [0.29, 0.717) is 31.2 Å². The van der Waals surface area contributed by atoms with Gasteiger partial charge in [0.05, 0.1) is 0 Å². The van der Waals surface area contributed by atoms with Crippen LogP contribution in [0.4, 0.5) is 9.18 Å². The number of amides is 1. The summed E-state index contributed by atoms with van der Waals surface area (Å²) >= 11 is 0. The van der Waals surface area contributed by atoms with Gasteiger partial charge < -0.3 is 20.7 Å². The van der Waals surface area contributed by atoms with Crippen molar-refractivity contribution in [2.75, 3.05) is 20.1 Å². The Morgan fingerprint density at radius 2 is 1.84 bits per heavy atom. The van der Waals surface area contributed by atoms with E-state index in [0.717, 1.165) is 5.56 Å². The molecule has 1 rings (SSSR count). The van der Waals surface area contributed by atoms with Gasteiger partial charge in [0.1, 0.15) is 11.4 Å². The van der Waals surface area contributed by atoms with E-state index >= 15 is 0 Å². The van der Waals surface area contributed by atoms with E-state index in [2.05, 4.69) is 20.9 Å². The summed E-state index contributed by atoms with van der Waals surface area (Å²) in [5, 5.41) is 8.87. The lowest BCUT2D eigenvalue weighted by Gasteiger charge is -2.20. The Labute approximate surface area is 166 Å². The Kier molecular flexibility index (Phi) is 10.4. The summed E-state index contributed by atoms with van der Waals surface area (Å²) < 4.78 is 18.4. The molecule has 0 spiro atoms. The number of hydrogen-bond donors (Lipinski definition) is 3. The summed E-state index contributed by atoms with van der Waals surface area (Å²) in [5.74, 6) is 0.387. The summed E-state index contributed by atoms with van der Waals surface area (Å²) in [4.78, 5) is 15.6. The molecule has 0 aromatic heterocycles. The van der Waals surface area contributed by atoms with Gasteiger partial charge in [-0.1, -0.05) is 12.1 Å². The summed E-state index contributed by atoms with van der Waals surface area (Å²) in [6.45, 7) is 8.61. The van der Waals surface area contributed by atoms with Crippen molar-refractivity contribution in [2.45, 2.75) is 39.8 Å². The highest BCUT2D eigenvalue weighted by Crippen LogP contribution is 2.08. The van der Waals surface area contributed by atoms with E-state index in [1.54, 1.807) is 26.1 Å². The van der Waals surface area contributed by atoms with Gasteiger partial charge in [0.15, 0.2) is 5.96 Å². The Morgan fingerprint density at radius 3 is 2.40 bits per heavy atom. The minimum Gasteiger partial charge on any atom is -0.444 e. The van der Waals surface area contributed by atoms with Gasteiger partial charge >= 0.3 is 6.09 Å². The Hall–Kier alpha value is -1.58. The molecule has 1 amide bonds. The highest BCUT2D eigenvalue weighted by Gasteiger charge is 2.15. The molecule has 1 aromatic rings. The molecule has 0 saturated carbocycles. The van der Waals surface area contributed by atoms with Crippen LogP contribution in [0.3, 0.4) is 0 Å². The molecule has 0 radical (unpaired) electrons. The Bertz CT molecular complexity index is 589. The maximum atomic E-state index is 13.2. The number of aryl methyl sites for hydroxylation is 1. The number of benzene rings is 1. The van der Waals surface area contributed by atoms with Crippen LogP contribution in [0.15, 0.2) is 23.2 Å². The molecule has 0 saturated heterocycles. The zero-order chi connectivity index (χ0) is 18.2. The number of carbonyl (C=O) groups is 1. The average Bonchev–Trinajstić information content (AvgIpc) is 2.48. The van der Waals surface area contributed by atoms with Crippen molar-refractivity contribution < 1.29 is 13.9 Å². The van der Waals surface area contributed by atoms with Gasteiger partial charge in [0.25, 0.3) is 0 Å². The van der Waals surface area contributed by atoms with Gasteiger partial charge in [-0.2, -0.15) is 0 Å². The first-order valence-electron chi connectivity index (χ1n) is 7.87. The highest BCUT2D eigenvalue weighted by atomic mass is 127. The predicted molar refractivity (Wildman–Crippen MR) is 109 cm³/mol. The second-order valence-corrected chi connectivity index (χ2v) is 6.36. The van der Waals surface area contributed by atoms with Gasteiger partial charge in [-0.3, -0.25) is 4.99 Å². The maximum absolute atomic E-state index is 13.2. The molecule has 0 aliphatic rings. The molecule has 25 heavy (non-hydrogen) atoms. The minimum atomic E-state index is -0.512. The second-order valence-electron chi connectivity index (χ2n) is 6.36. The molecule has 0 aliphatic carbocycles. The number of halogens is 2. The van der Waals surface area contributed by atoms with E-state index in [9.17, 15) is 9.18 Å². The Morgan fingerprint density at radius 1 is 1.20 bits per heavy atom. The molecule has 0 fully saturated rings. The fraction of sp³-hybridized carbons (Fsp3) is 0.529. The third kappa shape index (κ3) is 10.1. The highest BCUT2D eigenvalue weighted by molar-refractivity contribution is 14.0. The topological polar surface area (TPSA) is 74.8 Å². The number of guanidine groups is 1. The molecule has 6 nitrogen and oxygen atoms in total. The third-order valence-electron chi connectivity index (χ3n) is 2.99. The van der Waals surface area contributed by atoms with Crippen LogP contribution in [0.2, 0.25) is 0 Å². The minimum absolute atomic E-state index is 0. The fourth-order valence-electron chi connectivity index (χ4n) is 1.88. The number of hydrogen-bond acceptors (Lipinski definition) is 3. The summed E-state index contributed by atoms with van der Waals surface area (Å²) in [7, 11) is 1.66. The summed E-state index contributed by atoms with van der Waals surface area (Å²) in [5.41, 5.74) is 1.06. The molecule has 8 heteroatoms. The van der Waals surface area contributed by atoms with E-state index < -0.39 is 11.7 Å². The maximum Gasteiger partial charge on any atom is 0.407 e. The van der Waals surface area contributed by atoms with Crippen molar-refractivity contribution in [1.29, 1.82) is 0 Å². The van der Waals surface area contributed by atoms with Crippen LogP contribution in [-0.2, 0) is 11.3 Å². The first kappa shape index (κ1) is 23.4. The van der Waals surface area contributed by atoms with E-state index in [1.165, 1.54) is 6.07 Å². The van der Waals surface area contributed by atoms with Crippen LogP contribution in [0.25, 0.3) is 0 Å². The number of carbonyl (C=O) groups excluding carboxylic acids is 1. The predicted octanol–water partition coefficient (Wildman–Crippen LogP) is 2.94. The van der Waals surface area contributed by atoms with Gasteiger partial charge in [-0.25, -0.2) is 9.18 Å². The standard InChI is InChI=1S/C17H27FN4O2.HI/c1-12-10-13(6-7-14(12)18)11-22-15(19-5)20-8-9-21-16(23)24-17(2,3)4;/h6-7,10H,8-9,11H2,1-5H3,(H,21,23)(H2,19,20,22);1H. The third-order valence-corrected chi connectivity index (χ3v) is 2.99. The molecule has 1 aromatic carbocycles. The molecule has 0 bridgehead atoms. The van der Waals surface area contributed by atoms with Crippen LogP contribution in [0.1, 0.15) is 31.9 Å². The monoisotopic (exact) mass is 466 g/mol. The quantitative estimate of drug-likeness (QED) is 0.270. The van der Waals surface area contributed by atoms with Crippen LogP contribution in [0, 0.1) is 12.7 Å². The largest absolute Gasteiger partial charge is 0.444 e. The van der Waals surface area contributed by atoms with Crippen molar-refractivity contribution in [2.24, 2.45) is 4.99 Å². The van der Waals surface area contributed by atoms with E-state index in [1.807, 2.05) is 20.8 Å². The molecule has 142 valence electrons. The number of rotatable bonds is 5. The van der Waals surface area contributed by atoms with Gasteiger partial charge in [-0.15, -0.1) is 24.0 Å². The van der Waals surface area contributed by atoms with Gasteiger partial charge in [-0.05, 0) is 44.9 Å². The van der Waals surface area contributed by atoms with E-state index in [-0.39, 0.29) is 29.8 Å². The van der Waals surface area contributed by atoms with Gasteiger partial charge in [0, 0.05) is 26.7 Å². The number of nitrogens with zero attached hydrogens (tertiary/aromatic N) is 1. The lowest BCUT2D eigenvalue weighted by atomic mass is 10.1. The fourth-order valence-corrected chi connectivity index (χ4v) is 1.88. The van der Waals surface area contributed by atoms with Crippen LogP contribution in [0.5, 0.6) is 0 Å². The molecule has 0 heterocycles. The number of alkyl carbamates (subject to hydrolysis) is 1. The second kappa shape index (κ2) is 11.1. The zero-order valence-corrected chi connectivity index (χ0v) is 17.7. The zero-order valence-electron chi connectivity index (χ0n) is 15.4. The number of ether oxygens (including phenoxy) is 1. The number of nitrogens with one attached hydrogen (secondary N) is 3. The molecular formula is C17H28FIN4O2. The van der Waals surface area contributed by atoms with Crippen molar-refractivity contribution in [1.82, 2.24) is 16.0 Å². The van der Waals surface area contributed by atoms with Crippen molar-refractivity contribution in [3.8, 4) is 0 Å². The number of aliphatic imine (C=N–C) groups is 1. The lowest BCUT2D eigenvalue weighted by molar-refractivity contribution is 0.0529. The van der Waals surface area contributed by atoms with Gasteiger partial charge in [0.2, 0.25) is 0 Å². The summed E-state index contributed by atoms with van der Waals surface area (Å²) in [6, 6.07) is 4.97. The lowest BCUT2D eigenvalue weighted by Crippen LogP contribution is -2.42. The molecule has 3 N–H and O–H groups in total. The average molecular weight is 466 g/mol. The molecule has 0 unspecified atom stereocenters. The first-order chi connectivity index (χ1) is 11.2. The van der Waals surface area contributed by atoms with Crippen molar-refractivity contribution >= 4 is 36.0 Å². The normalized spacial score (nSPS) is 11.4. The molecule has 0 atom stereocenters. The van der Waals surface area contributed by atoms with E-state index in [4.69, 9.17) is 4.74 Å². The molecular weight excluding hydrogens is 438 g/mol. The Balaban J connectivity index is 0.00000576. The van der Waals surface area contributed by atoms with Crippen LogP contribution >= 0.6 is 24.0 Å². The van der Waals surface area contributed by atoms with Crippen LogP contribution in [-0.4, -0.2) is 37.8 Å². The molecule has 0 aliphatic heterocycles. The SMILES string of the molecule is CN=C(NCCNC(=O)OC(C)(C)C)NCc1ccc(F)c(C)c1.I. The summed E-state index contributed by atoms with van der Waals surface area (Å²) in [6.07, 6.45) is -0.450. The van der Waals surface area contributed by atoms with Crippen molar-refractivity contribution in [3.63, 3.8) is 0 Å². The smallest absolute Gasteiger partial charge is 0.407 e. The van der Waals surface area contributed by atoms with Crippen LogP contribution < -0.4 is 16.0 Å². The first-order valence-corrected chi connectivity index (χ1v) is 7.87.